The van der Waals surface area contributed by atoms with Gasteiger partial charge in [0.05, 0.1) is 47.1 Å². The summed E-state index contributed by atoms with van der Waals surface area (Å²) < 4.78 is 30.9. The van der Waals surface area contributed by atoms with Gasteiger partial charge in [-0.25, -0.2) is 0 Å². The number of amides is 3. The summed E-state index contributed by atoms with van der Waals surface area (Å²) in [4.78, 5) is 102. The molecule has 0 saturated heterocycles. The number of rotatable bonds is 30. The summed E-state index contributed by atoms with van der Waals surface area (Å²) in [6.07, 6.45) is 1.08. The number of ether oxygens (including phenoxy) is 6. The normalized spacial score (nSPS) is 15.5. The Hall–Kier alpha value is -3.85. The Morgan fingerprint density at radius 3 is 1.15 bits per heavy atom. The highest BCUT2D eigenvalue weighted by atomic mass is 32.2. The second-order valence-corrected chi connectivity index (χ2v) is 21.0. The lowest BCUT2D eigenvalue weighted by atomic mass is 9.72. The van der Waals surface area contributed by atoms with Crippen molar-refractivity contribution in [3.63, 3.8) is 0 Å². The van der Waals surface area contributed by atoms with Gasteiger partial charge < -0.3 is 54.6 Å². The average Bonchev–Trinajstić information content (AvgIpc) is 3.25. The molecule has 0 aromatic heterocycles. The van der Waals surface area contributed by atoms with E-state index >= 15 is 0 Å². The number of nitrogens with one attached hydrogen (secondary N) is 3. The molecule has 0 bridgehead atoms. The van der Waals surface area contributed by atoms with E-state index in [1.807, 2.05) is 6.92 Å². The first-order valence-corrected chi connectivity index (χ1v) is 24.3. The number of aliphatic hydroxyl groups is 2. The predicted molar refractivity (Wildman–Crippen MR) is 258 cm³/mol. The Bertz CT molecular complexity index is 1530. The molecule has 0 spiro atoms. The number of hydrogen-bond donors (Lipinski definition) is 5. The molecule has 0 aromatic rings. The van der Waals surface area contributed by atoms with Crippen LogP contribution in [0.25, 0.3) is 0 Å². The van der Waals surface area contributed by atoms with E-state index in [0.29, 0.717) is 12.8 Å². The van der Waals surface area contributed by atoms with Gasteiger partial charge >= 0.3 is 23.9 Å². The molecule has 0 saturated carbocycles. The van der Waals surface area contributed by atoms with Crippen LogP contribution in [0.15, 0.2) is 0 Å². The first kappa shape index (κ1) is 66.2. The Kier molecular flexibility index (Phi) is 29.2. The molecule has 0 aliphatic rings. The van der Waals surface area contributed by atoms with Crippen LogP contribution in [-0.2, 0) is 66.8 Å². The quantitative estimate of drug-likeness (QED) is 0.0381. The zero-order valence-electron chi connectivity index (χ0n) is 44.3. The second-order valence-electron chi connectivity index (χ2n) is 20.3. The lowest BCUT2D eigenvalue weighted by Gasteiger charge is -2.35. The molecule has 68 heavy (non-hydrogen) atoms. The number of likely N-dealkylation sites (N-methyl/N-ethyl adjacent to an activating group) is 1. The molecule has 20 heteroatoms. The Balaban J connectivity index is 0. The predicted octanol–water partition coefficient (Wildman–Crippen LogP) is 4.30. The monoisotopic (exact) mass is 994 g/mol. The topological polar surface area (TPSA) is 268 Å². The highest BCUT2D eigenvalue weighted by molar-refractivity contribution is 8.13. The molecule has 19 nitrogen and oxygen atoms in total. The van der Waals surface area contributed by atoms with Crippen molar-refractivity contribution >= 4 is 58.5 Å². The third-order valence-corrected chi connectivity index (χ3v) is 12.5. The summed E-state index contributed by atoms with van der Waals surface area (Å²) in [5, 5.41) is 26.8. The molecule has 3 amide bonds. The molecule has 5 N–H and O–H groups in total. The molecule has 0 rings (SSSR count). The number of thioether (sulfide) groups is 1. The molecule has 0 aromatic carbocycles. The summed E-state index contributed by atoms with van der Waals surface area (Å²) in [6, 6.07) is 0. The molecule has 6 atom stereocenters. The standard InChI is InChI=1S/C24H44N2O8.C24H43NO8S/c1-10-24(7,21(31)34-15-16(2)27)14-17(18(28)26-23(5,6)19(29)25-8)13-22(3,4)20(30)33-12-11-32-9;1-10-24(7,20(29)33-15-16(2)26)14-17(18(27)25-23(5,6)21(30)34-9)13-22(3,4)19(28)32-12-11-31-8/h16-17,27H,10-15H2,1-9H3,(H,25,29)(H,26,28);16-17,26H,10-15H2,1-9H3,(H,25,27). The van der Waals surface area contributed by atoms with E-state index in [-0.39, 0.29) is 76.3 Å². The minimum atomic E-state index is -1.21. The number of methoxy groups -OCH3 is 2. The molecule has 396 valence electrons. The summed E-state index contributed by atoms with van der Waals surface area (Å²) in [5.41, 5.74) is -6.52. The van der Waals surface area contributed by atoms with E-state index in [1.54, 1.807) is 82.4 Å². The van der Waals surface area contributed by atoms with Crippen LogP contribution in [0.1, 0.15) is 135 Å². The zero-order valence-corrected chi connectivity index (χ0v) is 45.1. The summed E-state index contributed by atoms with van der Waals surface area (Å²) in [7, 11) is 4.47. The number of hydrogen-bond acceptors (Lipinski definition) is 17. The van der Waals surface area contributed by atoms with Crippen molar-refractivity contribution in [2.75, 3.05) is 67.2 Å². The fraction of sp³-hybridized carbons (Fsp3) is 0.833. The lowest BCUT2D eigenvalue weighted by molar-refractivity contribution is -0.162. The highest BCUT2D eigenvalue weighted by Gasteiger charge is 2.45. The van der Waals surface area contributed by atoms with Crippen molar-refractivity contribution in [1.29, 1.82) is 0 Å². The van der Waals surface area contributed by atoms with Crippen LogP contribution in [0.2, 0.25) is 0 Å². The van der Waals surface area contributed by atoms with Crippen molar-refractivity contribution in [2.45, 2.75) is 159 Å². The third kappa shape index (κ3) is 23.2. The van der Waals surface area contributed by atoms with Crippen molar-refractivity contribution in [2.24, 2.45) is 33.5 Å². The van der Waals surface area contributed by atoms with Crippen molar-refractivity contribution in [1.82, 2.24) is 16.0 Å². The van der Waals surface area contributed by atoms with E-state index in [2.05, 4.69) is 16.0 Å². The smallest absolute Gasteiger partial charge is 0.311 e. The Labute approximate surface area is 409 Å². The first-order valence-electron chi connectivity index (χ1n) is 23.1. The number of carbonyl (C=O) groups is 8. The van der Waals surface area contributed by atoms with Crippen LogP contribution in [-0.4, -0.2) is 147 Å². The molecule has 0 heterocycles. The summed E-state index contributed by atoms with van der Waals surface area (Å²) in [5.74, 6) is -4.94. The van der Waals surface area contributed by atoms with Crippen molar-refractivity contribution < 1.29 is 77.0 Å². The van der Waals surface area contributed by atoms with Gasteiger partial charge in [0.25, 0.3) is 0 Å². The van der Waals surface area contributed by atoms with E-state index in [1.165, 1.54) is 35.1 Å². The van der Waals surface area contributed by atoms with Crippen LogP contribution < -0.4 is 16.0 Å². The van der Waals surface area contributed by atoms with Crippen LogP contribution in [0.5, 0.6) is 0 Å². The first-order chi connectivity index (χ1) is 31.1. The van der Waals surface area contributed by atoms with E-state index < -0.39 is 92.5 Å². The van der Waals surface area contributed by atoms with Crippen LogP contribution in [0.4, 0.5) is 0 Å². The SMILES string of the molecule is CCC(C)(CC(CC(C)(C)C(=O)OCCOC)C(=O)NC(C)(C)C(=O)NC)C(=O)OCC(C)O.CCC(C)(CC(CC(C)(C)C(=O)OCCOC)C(=O)NC(C)(C)C(=O)SC)C(=O)OCC(C)O. The summed E-state index contributed by atoms with van der Waals surface area (Å²) >= 11 is 1.01. The van der Waals surface area contributed by atoms with Crippen molar-refractivity contribution in [3.05, 3.63) is 0 Å². The van der Waals surface area contributed by atoms with E-state index in [4.69, 9.17) is 28.4 Å². The number of esters is 4. The van der Waals surface area contributed by atoms with E-state index in [0.717, 1.165) is 11.8 Å². The Morgan fingerprint density at radius 2 is 0.868 bits per heavy atom. The van der Waals surface area contributed by atoms with Gasteiger partial charge in [0.15, 0.2) is 0 Å². The van der Waals surface area contributed by atoms with Crippen molar-refractivity contribution in [3.8, 4) is 0 Å². The number of aliphatic hydroxyl groups excluding tert-OH is 2. The molecule has 6 unspecified atom stereocenters. The zero-order chi connectivity index (χ0) is 53.5. The van der Waals surface area contributed by atoms with E-state index in [9.17, 15) is 48.6 Å². The molecule has 0 fully saturated rings. The van der Waals surface area contributed by atoms with Gasteiger partial charge in [-0.05, 0) is 128 Å². The maximum atomic E-state index is 13.4. The molecule has 0 aliphatic heterocycles. The van der Waals surface area contributed by atoms with Crippen LogP contribution in [0.3, 0.4) is 0 Å². The van der Waals surface area contributed by atoms with Gasteiger partial charge in [0.2, 0.25) is 22.8 Å². The fourth-order valence-corrected chi connectivity index (χ4v) is 7.37. The maximum Gasteiger partial charge on any atom is 0.311 e. The third-order valence-electron chi connectivity index (χ3n) is 11.6. The molecular weight excluding hydrogens is 907 g/mol. The molecular formula is C48H87N3O16S. The van der Waals surface area contributed by atoms with Crippen LogP contribution in [0, 0.1) is 33.5 Å². The molecule has 0 aliphatic carbocycles. The van der Waals surface area contributed by atoms with Gasteiger partial charge in [-0.3, -0.25) is 38.4 Å². The minimum Gasteiger partial charge on any atom is -0.463 e. The largest absolute Gasteiger partial charge is 0.463 e. The maximum absolute atomic E-state index is 13.4. The van der Waals surface area contributed by atoms with Crippen LogP contribution >= 0.6 is 11.8 Å². The highest BCUT2D eigenvalue weighted by Crippen LogP contribution is 2.40. The second kappa shape index (κ2) is 30.0. The van der Waals surface area contributed by atoms with Gasteiger partial charge in [0, 0.05) is 33.1 Å². The van der Waals surface area contributed by atoms with Gasteiger partial charge in [0.1, 0.15) is 37.5 Å². The average molecular weight is 994 g/mol. The van der Waals surface area contributed by atoms with Gasteiger partial charge in [-0.1, -0.05) is 25.6 Å². The Morgan fingerprint density at radius 1 is 0.529 bits per heavy atom. The molecule has 0 radical (unpaired) electrons. The fourth-order valence-electron chi connectivity index (χ4n) is 6.81. The lowest BCUT2D eigenvalue weighted by Crippen LogP contribution is -2.56. The summed E-state index contributed by atoms with van der Waals surface area (Å²) in [6.45, 7) is 23.4. The minimum absolute atomic E-state index is 0.0760. The number of carbonyl (C=O) groups excluding carboxylic acids is 8. The van der Waals surface area contributed by atoms with Gasteiger partial charge in [-0.2, -0.15) is 0 Å². The van der Waals surface area contributed by atoms with Gasteiger partial charge in [-0.15, -0.1) is 0 Å².